The predicted molar refractivity (Wildman–Crippen MR) is 69.7 cm³/mol. The number of hydrogen-bond acceptors (Lipinski definition) is 2. The van der Waals surface area contributed by atoms with Crippen molar-refractivity contribution in [1.29, 1.82) is 0 Å². The Bertz CT molecular complexity index is 380. The topological polar surface area (TPSA) is 20.2 Å². The van der Waals surface area contributed by atoms with E-state index in [0.717, 1.165) is 19.3 Å². The van der Waals surface area contributed by atoms with Crippen molar-refractivity contribution in [2.75, 3.05) is 0 Å². The zero-order valence-corrected chi connectivity index (χ0v) is 11.5. The second kappa shape index (κ2) is 3.85. The smallest absolute Gasteiger partial charge is 0.102 e. The molecule has 1 aromatic rings. The van der Waals surface area contributed by atoms with Crippen LogP contribution in [0.1, 0.15) is 50.5 Å². The molecule has 0 saturated heterocycles. The van der Waals surface area contributed by atoms with Crippen LogP contribution >= 0.6 is 11.3 Å². The standard InChI is InChI=1S/C14H22OS/c1-10-5-8-16-12(10)14(15)7-6-13(3,4)9-11(14)2/h5,8,11,15H,6-7,9H2,1-4H3. The first-order valence-corrected chi connectivity index (χ1v) is 7.00. The van der Waals surface area contributed by atoms with E-state index in [1.165, 1.54) is 10.4 Å². The molecule has 2 unspecified atom stereocenters. The van der Waals surface area contributed by atoms with Crippen molar-refractivity contribution in [1.82, 2.24) is 0 Å². The Labute approximate surface area is 103 Å². The molecule has 0 spiro atoms. The largest absolute Gasteiger partial charge is 0.384 e. The minimum absolute atomic E-state index is 0.355. The molecule has 2 heteroatoms. The van der Waals surface area contributed by atoms with E-state index in [9.17, 15) is 5.11 Å². The average Bonchev–Trinajstić information content (AvgIpc) is 2.59. The summed E-state index contributed by atoms with van der Waals surface area (Å²) in [5, 5.41) is 13.0. The summed E-state index contributed by atoms with van der Waals surface area (Å²) >= 11 is 1.71. The Kier molecular flexibility index (Phi) is 2.92. The van der Waals surface area contributed by atoms with Crippen LogP contribution < -0.4 is 0 Å². The van der Waals surface area contributed by atoms with E-state index in [4.69, 9.17) is 0 Å². The highest BCUT2D eigenvalue weighted by molar-refractivity contribution is 7.10. The van der Waals surface area contributed by atoms with Gasteiger partial charge in [-0.25, -0.2) is 0 Å². The van der Waals surface area contributed by atoms with Gasteiger partial charge >= 0.3 is 0 Å². The first-order valence-electron chi connectivity index (χ1n) is 6.12. The lowest BCUT2D eigenvalue weighted by molar-refractivity contribution is -0.0746. The van der Waals surface area contributed by atoms with Crippen molar-refractivity contribution >= 4 is 11.3 Å². The molecule has 1 aromatic heterocycles. The van der Waals surface area contributed by atoms with Crippen LogP contribution in [0.25, 0.3) is 0 Å². The molecule has 16 heavy (non-hydrogen) atoms. The second-order valence-electron chi connectivity index (χ2n) is 6.13. The summed E-state index contributed by atoms with van der Waals surface area (Å²) < 4.78 is 0. The van der Waals surface area contributed by atoms with Gasteiger partial charge in [-0.3, -0.25) is 0 Å². The van der Waals surface area contributed by atoms with E-state index in [1.54, 1.807) is 11.3 Å². The zero-order valence-electron chi connectivity index (χ0n) is 10.7. The maximum absolute atomic E-state index is 10.9. The molecule has 1 heterocycles. The summed E-state index contributed by atoms with van der Waals surface area (Å²) in [6, 6.07) is 2.12. The van der Waals surface area contributed by atoms with Gasteiger partial charge in [-0.05, 0) is 54.5 Å². The third kappa shape index (κ3) is 1.93. The number of thiophene rings is 1. The summed E-state index contributed by atoms with van der Waals surface area (Å²) in [6.07, 6.45) is 3.13. The van der Waals surface area contributed by atoms with Crippen molar-refractivity contribution in [2.45, 2.75) is 52.6 Å². The van der Waals surface area contributed by atoms with E-state index in [-0.39, 0.29) is 0 Å². The van der Waals surface area contributed by atoms with Gasteiger partial charge in [0.25, 0.3) is 0 Å². The van der Waals surface area contributed by atoms with Crippen molar-refractivity contribution < 1.29 is 5.11 Å². The van der Waals surface area contributed by atoms with Gasteiger partial charge in [-0.1, -0.05) is 20.8 Å². The Balaban J connectivity index is 2.30. The Morgan fingerprint density at radius 2 is 2.06 bits per heavy atom. The average molecular weight is 238 g/mol. The van der Waals surface area contributed by atoms with Crippen molar-refractivity contribution in [3.63, 3.8) is 0 Å². The Morgan fingerprint density at radius 1 is 1.38 bits per heavy atom. The molecule has 0 aromatic carbocycles. The highest BCUT2D eigenvalue weighted by Gasteiger charge is 2.44. The third-order valence-electron chi connectivity index (χ3n) is 4.11. The lowest BCUT2D eigenvalue weighted by atomic mass is 9.64. The molecule has 1 N–H and O–H groups in total. The van der Waals surface area contributed by atoms with Crippen molar-refractivity contribution in [3.8, 4) is 0 Å². The number of rotatable bonds is 1. The van der Waals surface area contributed by atoms with Crippen LogP contribution in [-0.2, 0) is 5.60 Å². The van der Waals surface area contributed by atoms with E-state index in [0.29, 0.717) is 11.3 Å². The molecule has 1 nitrogen and oxygen atoms in total. The normalized spacial score (nSPS) is 33.9. The van der Waals surface area contributed by atoms with E-state index < -0.39 is 5.60 Å². The molecule has 1 aliphatic rings. The highest BCUT2D eigenvalue weighted by atomic mass is 32.1. The van der Waals surface area contributed by atoms with Crippen LogP contribution in [0, 0.1) is 18.3 Å². The molecule has 1 saturated carbocycles. The fourth-order valence-electron chi connectivity index (χ4n) is 3.03. The number of aryl methyl sites for hydroxylation is 1. The quantitative estimate of drug-likeness (QED) is 0.781. The fourth-order valence-corrected chi connectivity index (χ4v) is 4.20. The molecule has 0 radical (unpaired) electrons. The van der Waals surface area contributed by atoms with Crippen molar-refractivity contribution in [3.05, 3.63) is 21.9 Å². The van der Waals surface area contributed by atoms with Gasteiger partial charge in [0.1, 0.15) is 5.60 Å². The summed E-state index contributed by atoms with van der Waals surface area (Å²) in [6.45, 7) is 8.92. The van der Waals surface area contributed by atoms with Gasteiger partial charge in [-0.2, -0.15) is 0 Å². The minimum Gasteiger partial charge on any atom is -0.384 e. The van der Waals surface area contributed by atoms with E-state index in [2.05, 4.69) is 39.1 Å². The van der Waals surface area contributed by atoms with E-state index in [1.807, 2.05) is 0 Å². The van der Waals surface area contributed by atoms with Crippen LogP contribution in [-0.4, -0.2) is 5.11 Å². The first kappa shape index (κ1) is 12.1. The predicted octanol–water partition coefficient (Wildman–Crippen LogP) is 4.09. The molecule has 1 fully saturated rings. The molecule has 90 valence electrons. The van der Waals surface area contributed by atoms with Gasteiger partial charge in [0.15, 0.2) is 0 Å². The van der Waals surface area contributed by atoms with Gasteiger partial charge in [-0.15, -0.1) is 11.3 Å². The first-order chi connectivity index (χ1) is 7.35. The van der Waals surface area contributed by atoms with E-state index >= 15 is 0 Å². The molecule has 0 aliphatic heterocycles. The van der Waals surface area contributed by atoms with Crippen molar-refractivity contribution in [2.24, 2.45) is 11.3 Å². The van der Waals surface area contributed by atoms with Gasteiger partial charge in [0.05, 0.1) is 0 Å². The van der Waals surface area contributed by atoms with Crippen LogP contribution in [0.5, 0.6) is 0 Å². The summed E-state index contributed by atoms with van der Waals surface area (Å²) in [5.74, 6) is 0.355. The van der Waals surface area contributed by atoms with Crippen LogP contribution in [0.15, 0.2) is 11.4 Å². The Hall–Kier alpha value is -0.340. The second-order valence-corrected chi connectivity index (χ2v) is 7.04. The fraction of sp³-hybridized carbons (Fsp3) is 0.714. The van der Waals surface area contributed by atoms with Gasteiger partial charge in [0, 0.05) is 4.88 Å². The summed E-state index contributed by atoms with van der Waals surface area (Å²) in [5.41, 5.74) is 1.06. The zero-order chi connectivity index (χ0) is 12.0. The molecule has 2 rings (SSSR count). The molecular formula is C14H22OS. The van der Waals surface area contributed by atoms with Gasteiger partial charge < -0.3 is 5.11 Å². The molecule has 1 aliphatic carbocycles. The van der Waals surface area contributed by atoms with Crippen LogP contribution in [0.3, 0.4) is 0 Å². The SMILES string of the molecule is Cc1ccsc1C1(O)CCC(C)(C)CC1C. The van der Waals surface area contributed by atoms with Crippen LogP contribution in [0.4, 0.5) is 0 Å². The molecular weight excluding hydrogens is 216 g/mol. The lowest BCUT2D eigenvalue weighted by Gasteiger charge is -2.45. The molecule has 2 atom stereocenters. The monoisotopic (exact) mass is 238 g/mol. The van der Waals surface area contributed by atoms with Crippen LogP contribution in [0.2, 0.25) is 0 Å². The number of hydrogen-bond donors (Lipinski definition) is 1. The summed E-state index contributed by atoms with van der Waals surface area (Å²) in [7, 11) is 0. The Morgan fingerprint density at radius 3 is 2.56 bits per heavy atom. The molecule has 0 bridgehead atoms. The highest BCUT2D eigenvalue weighted by Crippen LogP contribution is 2.50. The van der Waals surface area contributed by atoms with Gasteiger partial charge in [0.2, 0.25) is 0 Å². The maximum Gasteiger partial charge on any atom is 0.102 e. The molecule has 0 amide bonds. The maximum atomic E-state index is 10.9. The third-order valence-corrected chi connectivity index (χ3v) is 5.30. The lowest BCUT2D eigenvalue weighted by Crippen LogP contribution is -2.41. The number of aliphatic hydroxyl groups is 1. The minimum atomic E-state index is -0.576. The summed E-state index contributed by atoms with van der Waals surface area (Å²) in [4.78, 5) is 1.19.